The Bertz CT molecular complexity index is 548. The van der Waals surface area contributed by atoms with E-state index in [-0.39, 0.29) is 6.03 Å². The Hall–Kier alpha value is -1.82. The van der Waals surface area contributed by atoms with Gasteiger partial charge in [-0.1, -0.05) is 11.6 Å². The molecule has 1 N–H and O–H groups in total. The van der Waals surface area contributed by atoms with Crippen molar-refractivity contribution in [2.24, 2.45) is 0 Å². The molecule has 2 amide bonds. The Morgan fingerprint density at radius 2 is 2.19 bits per heavy atom. The highest BCUT2D eigenvalue weighted by atomic mass is 16.5. The fourth-order valence-corrected chi connectivity index (χ4v) is 2.54. The first-order chi connectivity index (χ1) is 10.0. The summed E-state index contributed by atoms with van der Waals surface area (Å²) < 4.78 is 6.95. The second-order valence-electron chi connectivity index (χ2n) is 5.45. The van der Waals surface area contributed by atoms with E-state index >= 15 is 0 Å². The van der Waals surface area contributed by atoms with Crippen LogP contribution in [-0.2, 0) is 11.3 Å². The second kappa shape index (κ2) is 6.76. The van der Waals surface area contributed by atoms with Gasteiger partial charge in [-0.25, -0.2) is 4.79 Å². The third kappa shape index (κ3) is 3.64. The van der Waals surface area contributed by atoms with E-state index in [1.165, 1.54) is 5.57 Å². The van der Waals surface area contributed by atoms with Crippen LogP contribution < -0.4 is 5.32 Å². The van der Waals surface area contributed by atoms with Crippen LogP contribution in [0.2, 0.25) is 0 Å². The Balaban J connectivity index is 2.07. The summed E-state index contributed by atoms with van der Waals surface area (Å²) in [4.78, 5) is 14.2. The highest BCUT2D eigenvalue weighted by molar-refractivity contribution is 5.90. The first kappa shape index (κ1) is 15.6. The van der Waals surface area contributed by atoms with Gasteiger partial charge in [-0.15, -0.1) is 0 Å². The quantitative estimate of drug-likeness (QED) is 0.866. The van der Waals surface area contributed by atoms with Gasteiger partial charge >= 0.3 is 6.03 Å². The SMILES string of the molecule is COCCn1nc(C)c(NC(=O)N2CCC=C(C)C2)c1C. The zero-order valence-corrected chi connectivity index (χ0v) is 13.3. The minimum atomic E-state index is -0.0556. The van der Waals surface area contributed by atoms with Crippen molar-refractivity contribution in [1.82, 2.24) is 14.7 Å². The standard InChI is InChI=1S/C15H24N4O2/c1-11-6-5-7-18(10-11)15(20)16-14-12(2)17-19(13(14)3)8-9-21-4/h6H,5,7-10H2,1-4H3,(H,16,20). The smallest absolute Gasteiger partial charge is 0.322 e. The fraction of sp³-hybridized carbons (Fsp3) is 0.600. The molecule has 2 heterocycles. The summed E-state index contributed by atoms with van der Waals surface area (Å²) in [7, 11) is 1.67. The lowest BCUT2D eigenvalue weighted by Gasteiger charge is -2.26. The molecule has 0 unspecified atom stereocenters. The molecule has 1 aromatic rings. The first-order valence-corrected chi connectivity index (χ1v) is 7.27. The maximum absolute atomic E-state index is 12.4. The van der Waals surface area contributed by atoms with Crippen LogP contribution in [0.15, 0.2) is 11.6 Å². The molecule has 1 aliphatic rings. The predicted molar refractivity (Wildman–Crippen MR) is 82.5 cm³/mol. The van der Waals surface area contributed by atoms with E-state index in [1.807, 2.05) is 23.4 Å². The fourth-order valence-electron chi connectivity index (χ4n) is 2.54. The van der Waals surface area contributed by atoms with Gasteiger partial charge in [0.1, 0.15) is 0 Å². The Labute approximate surface area is 125 Å². The normalized spacial score (nSPS) is 15.0. The van der Waals surface area contributed by atoms with Gasteiger partial charge in [0.05, 0.1) is 30.2 Å². The van der Waals surface area contributed by atoms with Gasteiger partial charge < -0.3 is 15.0 Å². The van der Waals surface area contributed by atoms with Crippen LogP contribution >= 0.6 is 0 Å². The number of carbonyl (C=O) groups excluding carboxylic acids is 1. The number of amides is 2. The number of aryl methyl sites for hydroxylation is 1. The van der Waals surface area contributed by atoms with Crippen LogP contribution in [-0.4, -0.2) is 47.5 Å². The van der Waals surface area contributed by atoms with Gasteiger partial charge in [-0.05, 0) is 27.2 Å². The highest BCUT2D eigenvalue weighted by Crippen LogP contribution is 2.20. The summed E-state index contributed by atoms with van der Waals surface area (Å²) in [6.45, 7) is 8.68. The Morgan fingerprint density at radius 3 is 2.86 bits per heavy atom. The molecule has 0 fully saturated rings. The van der Waals surface area contributed by atoms with Gasteiger partial charge in [-0.2, -0.15) is 5.10 Å². The van der Waals surface area contributed by atoms with Gasteiger partial charge in [0.15, 0.2) is 0 Å². The summed E-state index contributed by atoms with van der Waals surface area (Å²) >= 11 is 0. The average Bonchev–Trinajstić information content (AvgIpc) is 2.72. The molecule has 0 atom stereocenters. The van der Waals surface area contributed by atoms with Crippen LogP contribution in [0.5, 0.6) is 0 Å². The monoisotopic (exact) mass is 292 g/mol. The van der Waals surface area contributed by atoms with Gasteiger partial charge in [0.25, 0.3) is 0 Å². The highest BCUT2D eigenvalue weighted by Gasteiger charge is 2.20. The van der Waals surface area contributed by atoms with Crippen molar-refractivity contribution >= 4 is 11.7 Å². The van der Waals surface area contributed by atoms with Crippen LogP contribution in [0.4, 0.5) is 10.5 Å². The molecule has 2 rings (SSSR count). The van der Waals surface area contributed by atoms with E-state index in [2.05, 4.69) is 23.4 Å². The molecule has 0 aromatic carbocycles. The molecule has 116 valence electrons. The molecule has 0 aliphatic carbocycles. The Morgan fingerprint density at radius 1 is 1.43 bits per heavy atom. The molecule has 0 saturated heterocycles. The number of urea groups is 1. The molecule has 0 spiro atoms. The lowest BCUT2D eigenvalue weighted by atomic mass is 10.1. The average molecular weight is 292 g/mol. The molecular weight excluding hydrogens is 268 g/mol. The van der Waals surface area contributed by atoms with Crippen molar-refractivity contribution in [3.8, 4) is 0 Å². The summed E-state index contributed by atoms with van der Waals surface area (Å²) in [6.07, 6.45) is 3.10. The van der Waals surface area contributed by atoms with Crippen molar-refractivity contribution in [1.29, 1.82) is 0 Å². The third-order valence-electron chi connectivity index (χ3n) is 3.74. The van der Waals surface area contributed by atoms with Crippen LogP contribution in [0, 0.1) is 13.8 Å². The van der Waals surface area contributed by atoms with E-state index in [1.54, 1.807) is 7.11 Å². The molecule has 0 saturated carbocycles. The summed E-state index contributed by atoms with van der Waals surface area (Å²) in [5.74, 6) is 0. The van der Waals surface area contributed by atoms with Crippen molar-refractivity contribution < 1.29 is 9.53 Å². The van der Waals surface area contributed by atoms with Crippen LogP contribution in [0.3, 0.4) is 0 Å². The van der Waals surface area contributed by atoms with Gasteiger partial charge in [0, 0.05) is 20.2 Å². The maximum Gasteiger partial charge on any atom is 0.322 e. The number of nitrogens with zero attached hydrogens (tertiary/aromatic N) is 3. The van der Waals surface area contributed by atoms with E-state index < -0.39 is 0 Å². The lowest BCUT2D eigenvalue weighted by Crippen LogP contribution is -2.38. The number of ether oxygens (including phenoxy) is 1. The molecule has 1 aromatic heterocycles. The molecule has 6 nitrogen and oxygen atoms in total. The largest absolute Gasteiger partial charge is 0.383 e. The number of rotatable bonds is 4. The number of nitrogens with one attached hydrogen (secondary N) is 1. The zero-order valence-electron chi connectivity index (χ0n) is 13.3. The summed E-state index contributed by atoms with van der Waals surface area (Å²) in [5.41, 5.74) is 3.84. The van der Waals surface area contributed by atoms with Gasteiger partial charge in [-0.3, -0.25) is 4.68 Å². The predicted octanol–water partition coefficient (Wildman–Crippen LogP) is 2.33. The number of hydrogen-bond acceptors (Lipinski definition) is 3. The zero-order chi connectivity index (χ0) is 15.4. The number of carbonyl (C=O) groups is 1. The van der Waals surface area contributed by atoms with E-state index in [0.29, 0.717) is 19.7 Å². The minimum Gasteiger partial charge on any atom is -0.383 e. The molecule has 0 radical (unpaired) electrons. The van der Waals surface area contributed by atoms with Crippen molar-refractivity contribution in [2.75, 3.05) is 32.1 Å². The minimum absolute atomic E-state index is 0.0556. The summed E-state index contributed by atoms with van der Waals surface area (Å²) in [5, 5.41) is 7.45. The molecular formula is C15H24N4O2. The lowest BCUT2D eigenvalue weighted by molar-refractivity contribution is 0.182. The second-order valence-corrected chi connectivity index (χ2v) is 5.45. The number of hydrogen-bond donors (Lipinski definition) is 1. The molecule has 21 heavy (non-hydrogen) atoms. The molecule has 6 heteroatoms. The summed E-state index contributed by atoms with van der Waals surface area (Å²) in [6, 6.07) is -0.0556. The first-order valence-electron chi connectivity index (χ1n) is 7.27. The van der Waals surface area contributed by atoms with Crippen molar-refractivity contribution in [2.45, 2.75) is 33.7 Å². The third-order valence-corrected chi connectivity index (χ3v) is 3.74. The topological polar surface area (TPSA) is 59.4 Å². The number of anilines is 1. The molecule has 1 aliphatic heterocycles. The van der Waals surface area contributed by atoms with E-state index in [9.17, 15) is 4.79 Å². The van der Waals surface area contributed by atoms with Gasteiger partial charge in [0.2, 0.25) is 0 Å². The van der Waals surface area contributed by atoms with E-state index in [4.69, 9.17) is 4.74 Å². The maximum atomic E-state index is 12.4. The van der Waals surface area contributed by atoms with Crippen molar-refractivity contribution in [3.63, 3.8) is 0 Å². The van der Waals surface area contributed by atoms with E-state index in [0.717, 1.165) is 30.0 Å². The van der Waals surface area contributed by atoms with Crippen LogP contribution in [0.25, 0.3) is 0 Å². The molecule has 0 bridgehead atoms. The number of methoxy groups -OCH3 is 1. The number of aromatic nitrogens is 2. The Kier molecular flexibility index (Phi) is 5.01. The van der Waals surface area contributed by atoms with Crippen LogP contribution in [0.1, 0.15) is 24.7 Å². The van der Waals surface area contributed by atoms with Crippen molar-refractivity contribution in [3.05, 3.63) is 23.0 Å².